The maximum atomic E-state index is 11.9. The molecule has 2 rings (SSSR count). The summed E-state index contributed by atoms with van der Waals surface area (Å²) in [6.45, 7) is -0.177. The number of benzene rings is 1. The van der Waals surface area contributed by atoms with Crippen molar-refractivity contribution in [3.63, 3.8) is 0 Å². The van der Waals surface area contributed by atoms with Crippen molar-refractivity contribution in [1.29, 1.82) is 0 Å². The van der Waals surface area contributed by atoms with E-state index in [0.717, 1.165) is 5.56 Å². The van der Waals surface area contributed by atoms with Crippen LogP contribution >= 0.6 is 0 Å². The molecule has 0 amide bonds. The molecule has 6 heteroatoms. The number of methoxy groups -OCH3 is 2. The first-order valence-corrected chi connectivity index (χ1v) is 7.41. The van der Waals surface area contributed by atoms with Gasteiger partial charge in [-0.25, -0.2) is 14.6 Å². The van der Waals surface area contributed by atoms with E-state index >= 15 is 0 Å². The fraction of sp³-hybridized carbons (Fsp3) is 0.278. The van der Waals surface area contributed by atoms with E-state index in [1.807, 2.05) is 30.3 Å². The van der Waals surface area contributed by atoms with Crippen LogP contribution in [0.2, 0.25) is 0 Å². The third kappa shape index (κ3) is 4.63. The summed E-state index contributed by atoms with van der Waals surface area (Å²) in [7, 11) is 2.61. The van der Waals surface area contributed by atoms with E-state index in [1.54, 1.807) is 12.1 Å². The lowest BCUT2D eigenvalue weighted by molar-refractivity contribution is -0.148. The van der Waals surface area contributed by atoms with Crippen LogP contribution in [0.15, 0.2) is 48.7 Å². The standard InChI is InChI=1S/C18H19NO5/c1-22-16(20)12-24-15(13-7-4-3-5-8-13)11-14-9-6-10-19-17(14)18(21)23-2/h3-10,15H,11-12H2,1-2H3. The highest BCUT2D eigenvalue weighted by Gasteiger charge is 2.20. The Balaban J connectivity index is 2.25. The molecule has 0 aliphatic heterocycles. The summed E-state index contributed by atoms with van der Waals surface area (Å²) >= 11 is 0. The number of nitrogens with zero attached hydrogens (tertiary/aromatic N) is 1. The molecule has 0 aliphatic carbocycles. The molecule has 1 unspecified atom stereocenters. The van der Waals surface area contributed by atoms with Crippen LogP contribution in [0.4, 0.5) is 0 Å². The van der Waals surface area contributed by atoms with Crippen molar-refractivity contribution in [3.8, 4) is 0 Å². The quantitative estimate of drug-likeness (QED) is 0.726. The van der Waals surface area contributed by atoms with Gasteiger partial charge in [-0.1, -0.05) is 36.4 Å². The molecule has 1 atom stereocenters. The van der Waals surface area contributed by atoms with Crippen LogP contribution in [0.25, 0.3) is 0 Å². The predicted molar refractivity (Wildman–Crippen MR) is 86.4 cm³/mol. The number of hydrogen-bond donors (Lipinski definition) is 0. The van der Waals surface area contributed by atoms with Gasteiger partial charge in [0.15, 0.2) is 5.69 Å². The lowest BCUT2D eigenvalue weighted by atomic mass is 10.00. The first-order chi connectivity index (χ1) is 11.7. The third-order valence-electron chi connectivity index (χ3n) is 3.48. The van der Waals surface area contributed by atoms with Crippen molar-refractivity contribution >= 4 is 11.9 Å². The highest BCUT2D eigenvalue weighted by Crippen LogP contribution is 2.24. The molecule has 0 aliphatic rings. The van der Waals surface area contributed by atoms with E-state index in [1.165, 1.54) is 20.4 Å². The average molecular weight is 329 g/mol. The maximum Gasteiger partial charge on any atom is 0.356 e. The topological polar surface area (TPSA) is 74.7 Å². The minimum Gasteiger partial charge on any atom is -0.467 e. The van der Waals surface area contributed by atoms with Gasteiger partial charge in [0, 0.05) is 12.6 Å². The van der Waals surface area contributed by atoms with Gasteiger partial charge in [-0.05, 0) is 17.2 Å². The summed E-state index contributed by atoms with van der Waals surface area (Å²) in [4.78, 5) is 27.3. The number of carbonyl (C=O) groups is 2. The molecule has 0 saturated heterocycles. The molecule has 0 N–H and O–H groups in total. The van der Waals surface area contributed by atoms with Crippen LogP contribution in [0.1, 0.15) is 27.7 Å². The van der Waals surface area contributed by atoms with E-state index in [9.17, 15) is 9.59 Å². The van der Waals surface area contributed by atoms with Gasteiger partial charge in [0.2, 0.25) is 0 Å². The highest BCUT2D eigenvalue weighted by molar-refractivity contribution is 5.88. The van der Waals surface area contributed by atoms with Gasteiger partial charge in [-0.3, -0.25) is 0 Å². The molecule has 0 bridgehead atoms. The summed E-state index contributed by atoms with van der Waals surface area (Å²) < 4.78 is 15.1. The fourth-order valence-electron chi connectivity index (χ4n) is 2.25. The van der Waals surface area contributed by atoms with Crippen LogP contribution in [0, 0.1) is 0 Å². The Labute approximate surface area is 140 Å². The Morgan fingerprint density at radius 3 is 2.46 bits per heavy atom. The van der Waals surface area contributed by atoms with E-state index in [4.69, 9.17) is 9.47 Å². The molecule has 6 nitrogen and oxygen atoms in total. The van der Waals surface area contributed by atoms with Crippen molar-refractivity contribution in [3.05, 3.63) is 65.5 Å². The smallest absolute Gasteiger partial charge is 0.356 e. The zero-order valence-electron chi connectivity index (χ0n) is 13.6. The zero-order chi connectivity index (χ0) is 17.4. The summed E-state index contributed by atoms with van der Waals surface area (Å²) in [5.74, 6) is -0.972. The van der Waals surface area contributed by atoms with Crippen molar-refractivity contribution in [2.75, 3.05) is 20.8 Å². The second kappa shape index (κ2) is 8.79. The summed E-state index contributed by atoms with van der Waals surface area (Å²) in [6, 6.07) is 13.0. The molecule has 0 saturated carbocycles. The van der Waals surface area contributed by atoms with Crippen molar-refractivity contribution in [2.24, 2.45) is 0 Å². The summed E-state index contributed by atoms with van der Waals surface area (Å²) in [5.41, 5.74) is 1.81. The Morgan fingerprint density at radius 1 is 1.04 bits per heavy atom. The molecular weight excluding hydrogens is 310 g/mol. The van der Waals surface area contributed by atoms with Crippen LogP contribution in [-0.4, -0.2) is 37.7 Å². The largest absolute Gasteiger partial charge is 0.467 e. The van der Waals surface area contributed by atoms with Gasteiger partial charge >= 0.3 is 11.9 Å². The summed E-state index contributed by atoms with van der Waals surface area (Å²) in [5, 5.41) is 0. The van der Waals surface area contributed by atoms with E-state index < -0.39 is 18.0 Å². The second-order valence-electron chi connectivity index (χ2n) is 4.99. The number of ether oxygens (including phenoxy) is 3. The Hall–Kier alpha value is -2.73. The Morgan fingerprint density at radius 2 is 1.79 bits per heavy atom. The number of aromatic nitrogens is 1. The predicted octanol–water partition coefficient (Wildman–Crippen LogP) is 2.34. The van der Waals surface area contributed by atoms with Gasteiger partial charge in [-0.15, -0.1) is 0 Å². The molecule has 1 aromatic carbocycles. The van der Waals surface area contributed by atoms with Gasteiger partial charge in [0.05, 0.1) is 20.3 Å². The molecule has 24 heavy (non-hydrogen) atoms. The first kappa shape index (κ1) is 17.6. The molecule has 0 radical (unpaired) electrons. The number of rotatable bonds is 7. The third-order valence-corrected chi connectivity index (χ3v) is 3.48. The number of esters is 2. The van der Waals surface area contributed by atoms with Crippen LogP contribution in [0.5, 0.6) is 0 Å². The SMILES string of the molecule is COC(=O)COC(Cc1cccnc1C(=O)OC)c1ccccc1. The lowest BCUT2D eigenvalue weighted by Crippen LogP contribution is -2.17. The van der Waals surface area contributed by atoms with Crippen molar-refractivity contribution < 1.29 is 23.8 Å². The van der Waals surface area contributed by atoms with Crippen LogP contribution < -0.4 is 0 Å². The fourth-order valence-corrected chi connectivity index (χ4v) is 2.25. The van der Waals surface area contributed by atoms with Crippen LogP contribution in [0.3, 0.4) is 0 Å². The van der Waals surface area contributed by atoms with E-state index in [0.29, 0.717) is 12.0 Å². The summed E-state index contributed by atoms with van der Waals surface area (Å²) in [6.07, 6.45) is 1.49. The minimum absolute atomic E-state index is 0.177. The van der Waals surface area contributed by atoms with Gasteiger partial charge < -0.3 is 14.2 Å². The highest BCUT2D eigenvalue weighted by atomic mass is 16.6. The zero-order valence-corrected chi connectivity index (χ0v) is 13.6. The normalized spacial score (nSPS) is 11.6. The molecule has 0 spiro atoms. The monoisotopic (exact) mass is 329 g/mol. The second-order valence-corrected chi connectivity index (χ2v) is 4.99. The number of pyridine rings is 1. The first-order valence-electron chi connectivity index (χ1n) is 7.41. The van der Waals surface area contributed by atoms with Gasteiger partial charge in [-0.2, -0.15) is 0 Å². The van der Waals surface area contributed by atoms with E-state index in [-0.39, 0.29) is 12.3 Å². The molecule has 1 heterocycles. The van der Waals surface area contributed by atoms with Crippen LogP contribution in [-0.2, 0) is 25.4 Å². The molecule has 1 aromatic heterocycles. The number of carbonyl (C=O) groups excluding carboxylic acids is 2. The molecule has 0 fully saturated rings. The van der Waals surface area contributed by atoms with Gasteiger partial charge in [0.25, 0.3) is 0 Å². The molecular formula is C18H19NO5. The lowest BCUT2D eigenvalue weighted by Gasteiger charge is -2.19. The van der Waals surface area contributed by atoms with Crippen molar-refractivity contribution in [1.82, 2.24) is 4.98 Å². The van der Waals surface area contributed by atoms with Gasteiger partial charge in [0.1, 0.15) is 6.61 Å². The number of hydrogen-bond acceptors (Lipinski definition) is 6. The average Bonchev–Trinajstić information content (AvgIpc) is 2.65. The Kier molecular flexibility index (Phi) is 6.45. The maximum absolute atomic E-state index is 11.9. The molecule has 126 valence electrons. The Bertz CT molecular complexity index is 687. The minimum atomic E-state index is -0.509. The van der Waals surface area contributed by atoms with Crippen molar-refractivity contribution in [2.45, 2.75) is 12.5 Å². The van der Waals surface area contributed by atoms with E-state index in [2.05, 4.69) is 9.72 Å². The molecule has 2 aromatic rings.